The summed E-state index contributed by atoms with van der Waals surface area (Å²) < 4.78 is 5.23. The molecular formula is C27H30N6O3. The minimum Gasteiger partial charge on any atom is -0.453 e. The molecule has 1 fully saturated rings. The molecule has 0 aromatic heterocycles. The Morgan fingerprint density at radius 1 is 1.22 bits per heavy atom. The van der Waals surface area contributed by atoms with Crippen molar-refractivity contribution in [3.8, 4) is 0 Å². The molecule has 2 aromatic rings. The van der Waals surface area contributed by atoms with E-state index in [9.17, 15) is 9.59 Å². The second kappa shape index (κ2) is 8.91. The highest BCUT2D eigenvalue weighted by Crippen LogP contribution is 2.64. The smallest absolute Gasteiger partial charge is 0.411 e. The van der Waals surface area contributed by atoms with Crippen LogP contribution in [0, 0.1) is 0 Å². The number of carbonyl (C=O) groups is 2. The van der Waals surface area contributed by atoms with Crippen LogP contribution < -0.4 is 10.2 Å². The minimum atomic E-state index is -1.05. The molecule has 1 N–H and O–H groups in total. The summed E-state index contributed by atoms with van der Waals surface area (Å²) in [5.41, 5.74) is 12.1. The number of hydrogen-bond donors (Lipinski definition) is 1. The number of anilines is 2. The second-order valence-electron chi connectivity index (χ2n) is 9.82. The Morgan fingerprint density at radius 2 is 1.94 bits per heavy atom. The van der Waals surface area contributed by atoms with Crippen LogP contribution in [-0.2, 0) is 20.4 Å². The monoisotopic (exact) mass is 486 g/mol. The molecule has 0 spiro atoms. The molecule has 3 atom stereocenters. The zero-order valence-corrected chi connectivity index (χ0v) is 20.8. The molecule has 0 aliphatic carbocycles. The first-order valence-electron chi connectivity index (χ1n) is 12.2. The predicted octanol–water partition coefficient (Wildman–Crippen LogP) is 5.10. The third-order valence-electron chi connectivity index (χ3n) is 8.01. The lowest BCUT2D eigenvalue weighted by Gasteiger charge is -2.47. The van der Waals surface area contributed by atoms with Gasteiger partial charge in [0.2, 0.25) is 5.91 Å². The molecule has 9 heteroatoms. The summed E-state index contributed by atoms with van der Waals surface area (Å²) in [5.74, 6) is -0.132. The lowest BCUT2D eigenvalue weighted by molar-refractivity contribution is -0.124. The highest BCUT2D eigenvalue weighted by molar-refractivity contribution is 6.08. The standard InChI is InChI=1S/C27H30N6O3/c1-18(2)12-16-32-22-11-7-5-9-20(22)27(14-17-33(24(27)32)25(35)36-3)26(13-15-29-31-28)19-8-4-6-10-21(19)30-23(26)34/h4-12,24H,13-17H2,1-3H3,(H,30,34)/t24-,26-,27?/m1/s1. The van der Waals surface area contributed by atoms with Crippen LogP contribution in [-0.4, -0.2) is 49.8 Å². The molecule has 3 heterocycles. The molecule has 3 aliphatic rings. The maximum Gasteiger partial charge on any atom is 0.411 e. The van der Waals surface area contributed by atoms with Crippen molar-refractivity contribution in [2.45, 2.75) is 43.7 Å². The van der Waals surface area contributed by atoms with Crippen LogP contribution in [0.25, 0.3) is 10.4 Å². The number of allylic oxidation sites excluding steroid dienone is 1. The van der Waals surface area contributed by atoms with E-state index in [2.05, 4.69) is 38.5 Å². The lowest BCUT2D eigenvalue weighted by atomic mass is 9.55. The number of azide groups is 1. The van der Waals surface area contributed by atoms with Crippen molar-refractivity contribution >= 4 is 23.4 Å². The Labute approximate surface area is 210 Å². The summed E-state index contributed by atoms with van der Waals surface area (Å²) in [4.78, 5) is 34.3. The second-order valence-corrected chi connectivity index (χ2v) is 9.82. The molecule has 0 radical (unpaired) electrons. The fraction of sp³-hybridized carbons (Fsp3) is 0.407. The number of amides is 2. The van der Waals surface area contributed by atoms with Gasteiger partial charge < -0.3 is 15.0 Å². The number of rotatable bonds is 6. The number of ether oxygens (including phenoxy) is 1. The largest absolute Gasteiger partial charge is 0.453 e. The molecule has 0 bridgehead atoms. The average molecular weight is 487 g/mol. The van der Waals surface area contributed by atoms with Gasteiger partial charge in [0.25, 0.3) is 0 Å². The van der Waals surface area contributed by atoms with Crippen LogP contribution in [0.15, 0.2) is 65.3 Å². The lowest BCUT2D eigenvalue weighted by Crippen LogP contribution is -2.62. The Hall–Kier alpha value is -3.97. The number of nitrogens with zero attached hydrogens (tertiary/aromatic N) is 5. The quantitative estimate of drug-likeness (QED) is 0.265. The van der Waals surface area contributed by atoms with Crippen LogP contribution in [0.4, 0.5) is 16.2 Å². The third-order valence-corrected chi connectivity index (χ3v) is 8.01. The maximum atomic E-state index is 14.2. The SMILES string of the molecule is COC(=O)N1CCC2([C@@]3(CCN=[N+]=[N-])C(=O)Nc4ccccc43)c3ccccc3N(CC=C(C)C)[C@H]12. The van der Waals surface area contributed by atoms with Crippen LogP contribution in [0.2, 0.25) is 0 Å². The Bertz CT molecular complexity index is 1300. The van der Waals surface area contributed by atoms with Gasteiger partial charge in [-0.15, -0.1) is 0 Å². The molecule has 2 amide bonds. The maximum absolute atomic E-state index is 14.2. The van der Waals surface area contributed by atoms with Gasteiger partial charge in [-0.3, -0.25) is 9.69 Å². The van der Waals surface area contributed by atoms with Gasteiger partial charge >= 0.3 is 6.09 Å². The Balaban J connectivity index is 1.82. The van der Waals surface area contributed by atoms with E-state index in [1.54, 1.807) is 4.90 Å². The number of hydrogen-bond acceptors (Lipinski definition) is 5. The van der Waals surface area contributed by atoms with Gasteiger partial charge in [0, 0.05) is 35.9 Å². The van der Waals surface area contributed by atoms with Crippen LogP contribution in [0.1, 0.15) is 37.8 Å². The first kappa shape index (κ1) is 23.8. The van der Waals surface area contributed by atoms with E-state index in [0.29, 0.717) is 25.9 Å². The fourth-order valence-corrected chi connectivity index (χ4v) is 6.70. The molecular weight excluding hydrogens is 456 g/mol. The van der Waals surface area contributed by atoms with Crippen molar-refractivity contribution < 1.29 is 14.3 Å². The van der Waals surface area contributed by atoms with Gasteiger partial charge in [-0.1, -0.05) is 53.2 Å². The van der Waals surface area contributed by atoms with E-state index in [-0.39, 0.29) is 12.5 Å². The summed E-state index contributed by atoms with van der Waals surface area (Å²) in [6, 6.07) is 15.8. The molecule has 2 aromatic carbocycles. The predicted molar refractivity (Wildman–Crippen MR) is 138 cm³/mol. The van der Waals surface area contributed by atoms with Gasteiger partial charge in [0.05, 0.1) is 17.9 Å². The number of fused-ring (bicyclic) bond motifs is 4. The highest BCUT2D eigenvalue weighted by atomic mass is 16.5. The van der Waals surface area contributed by atoms with Crippen molar-refractivity contribution in [2.75, 3.05) is 37.0 Å². The van der Waals surface area contributed by atoms with Gasteiger partial charge in [-0.2, -0.15) is 0 Å². The highest BCUT2D eigenvalue weighted by Gasteiger charge is 2.72. The summed E-state index contributed by atoms with van der Waals surface area (Å²) in [5, 5.41) is 6.96. The summed E-state index contributed by atoms with van der Waals surface area (Å²) in [6.45, 7) is 5.26. The molecule has 186 valence electrons. The van der Waals surface area contributed by atoms with Crippen LogP contribution in [0.5, 0.6) is 0 Å². The first-order valence-corrected chi connectivity index (χ1v) is 12.2. The number of methoxy groups -OCH3 is 1. The van der Waals surface area contributed by atoms with Gasteiger partial charge in [-0.25, -0.2) is 4.79 Å². The van der Waals surface area contributed by atoms with Crippen molar-refractivity contribution in [1.29, 1.82) is 0 Å². The fourth-order valence-electron chi connectivity index (χ4n) is 6.70. The topological polar surface area (TPSA) is 111 Å². The average Bonchev–Trinajstić information content (AvgIpc) is 3.49. The van der Waals surface area contributed by atoms with Crippen molar-refractivity contribution in [3.05, 3.63) is 81.7 Å². The number of para-hydroxylation sites is 2. The van der Waals surface area contributed by atoms with Crippen molar-refractivity contribution in [2.24, 2.45) is 5.11 Å². The van der Waals surface area contributed by atoms with Crippen molar-refractivity contribution in [1.82, 2.24) is 4.90 Å². The van der Waals surface area contributed by atoms with Crippen molar-refractivity contribution in [3.63, 3.8) is 0 Å². The number of carbonyl (C=O) groups excluding carboxylic acids is 2. The third kappa shape index (κ3) is 3.12. The molecule has 36 heavy (non-hydrogen) atoms. The Kier molecular flexibility index (Phi) is 5.88. The minimum absolute atomic E-state index is 0.132. The summed E-state index contributed by atoms with van der Waals surface area (Å²) in [7, 11) is 1.39. The Morgan fingerprint density at radius 3 is 2.67 bits per heavy atom. The summed E-state index contributed by atoms with van der Waals surface area (Å²) in [6.07, 6.45) is 2.13. The molecule has 1 unspecified atom stereocenters. The molecule has 5 rings (SSSR count). The van der Waals surface area contributed by atoms with E-state index in [1.165, 1.54) is 7.11 Å². The number of benzene rings is 2. The van der Waals surface area contributed by atoms with Crippen LogP contribution >= 0.6 is 0 Å². The zero-order valence-electron chi connectivity index (χ0n) is 20.8. The zero-order chi connectivity index (χ0) is 25.5. The van der Waals surface area contributed by atoms with Gasteiger partial charge in [-0.05, 0) is 55.5 Å². The molecule has 0 saturated carbocycles. The molecule has 9 nitrogen and oxygen atoms in total. The van der Waals surface area contributed by atoms with E-state index in [1.807, 2.05) is 50.2 Å². The van der Waals surface area contributed by atoms with E-state index < -0.39 is 23.1 Å². The summed E-state index contributed by atoms with van der Waals surface area (Å²) >= 11 is 0. The van der Waals surface area contributed by atoms with E-state index in [4.69, 9.17) is 10.3 Å². The number of likely N-dealkylation sites (tertiary alicyclic amines) is 1. The van der Waals surface area contributed by atoms with Gasteiger partial charge in [0.1, 0.15) is 6.17 Å². The van der Waals surface area contributed by atoms with Gasteiger partial charge in [0.15, 0.2) is 0 Å². The number of nitrogens with one attached hydrogen (secondary N) is 1. The normalized spacial score (nSPS) is 25.4. The van der Waals surface area contributed by atoms with E-state index in [0.717, 1.165) is 28.1 Å². The molecule has 3 aliphatic heterocycles. The first-order chi connectivity index (χ1) is 17.4. The molecule has 1 saturated heterocycles. The van der Waals surface area contributed by atoms with Crippen LogP contribution in [0.3, 0.4) is 0 Å². The van der Waals surface area contributed by atoms with E-state index >= 15 is 0 Å².